The van der Waals surface area contributed by atoms with Crippen LogP contribution in [0.15, 0.2) is 41.4 Å². The summed E-state index contributed by atoms with van der Waals surface area (Å²) in [5, 5.41) is 2.79. The molecule has 1 aliphatic rings. The predicted molar refractivity (Wildman–Crippen MR) is 103 cm³/mol. The summed E-state index contributed by atoms with van der Waals surface area (Å²) in [7, 11) is 0. The van der Waals surface area contributed by atoms with Crippen molar-refractivity contribution in [3.05, 3.63) is 52.8 Å². The number of carbonyl (C=O) groups excluding carboxylic acids is 2. The second-order valence-electron chi connectivity index (χ2n) is 6.04. The summed E-state index contributed by atoms with van der Waals surface area (Å²) >= 11 is 7.32. The van der Waals surface area contributed by atoms with Crippen LogP contribution in [-0.2, 0) is 27.2 Å². The molecule has 3 rings (SSSR count). The standard InChI is InChI=1S/C19H19ClN2O3S/c1-12(19(24)22-16-6-3-9-21-18(16)20)25-17(23)11-26-15-8-7-13-4-2-5-14(13)10-15/h3,6-10,12H,2,4-5,11H2,1H3,(H,22,24)/t12-/m1/s1. The van der Waals surface area contributed by atoms with Crippen molar-refractivity contribution in [3.63, 3.8) is 0 Å². The van der Waals surface area contributed by atoms with Crippen molar-refractivity contribution in [2.75, 3.05) is 11.1 Å². The Labute approximate surface area is 161 Å². The predicted octanol–water partition coefficient (Wildman–Crippen LogP) is 3.89. The number of halogens is 1. The Balaban J connectivity index is 1.48. The van der Waals surface area contributed by atoms with Gasteiger partial charge in [-0.1, -0.05) is 17.7 Å². The molecule has 1 heterocycles. The molecule has 1 aliphatic carbocycles. The van der Waals surface area contributed by atoms with Crippen LogP contribution in [0.25, 0.3) is 0 Å². The van der Waals surface area contributed by atoms with Gasteiger partial charge in [-0.15, -0.1) is 11.8 Å². The summed E-state index contributed by atoms with van der Waals surface area (Å²) in [6, 6.07) is 9.59. The van der Waals surface area contributed by atoms with Gasteiger partial charge < -0.3 is 10.1 Å². The van der Waals surface area contributed by atoms with Crippen LogP contribution in [0.3, 0.4) is 0 Å². The Hall–Kier alpha value is -2.05. The molecule has 26 heavy (non-hydrogen) atoms. The first-order valence-electron chi connectivity index (χ1n) is 8.38. The molecule has 0 saturated carbocycles. The number of benzene rings is 1. The lowest BCUT2D eigenvalue weighted by Gasteiger charge is -2.14. The molecule has 7 heteroatoms. The molecule has 0 unspecified atom stereocenters. The number of nitrogens with one attached hydrogen (secondary N) is 1. The highest BCUT2D eigenvalue weighted by molar-refractivity contribution is 8.00. The summed E-state index contributed by atoms with van der Waals surface area (Å²) in [6.07, 6.45) is 4.04. The molecular formula is C19H19ClN2O3S. The van der Waals surface area contributed by atoms with E-state index in [2.05, 4.69) is 22.4 Å². The second kappa shape index (κ2) is 8.56. The largest absolute Gasteiger partial charge is 0.452 e. The summed E-state index contributed by atoms with van der Waals surface area (Å²) in [4.78, 5) is 29.1. The third kappa shape index (κ3) is 4.77. The molecule has 1 atom stereocenters. The van der Waals surface area contributed by atoms with Gasteiger partial charge in [-0.3, -0.25) is 9.59 Å². The first-order chi connectivity index (χ1) is 12.5. The lowest BCUT2D eigenvalue weighted by atomic mass is 10.1. The maximum atomic E-state index is 12.1. The molecule has 0 spiro atoms. The van der Waals surface area contributed by atoms with Gasteiger partial charge in [0.25, 0.3) is 5.91 Å². The fourth-order valence-electron chi connectivity index (χ4n) is 2.78. The zero-order chi connectivity index (χ0) is 18.5. The number of hydrogen-bond acceptors (Lipinski definition) is 5. The van der Waals surface area contributed by atoms with Gasteiger partial charge in [0.05, 0.1) is 11.4 Å². The summed E-state index contributed by atoms with van der Waals surface area (Å²) in [6.45, 7) is 1.53. The molecular weight excluding hydrogens is 372 g/mol. The van der Waals surface area contributed by atoms with E-state index in [-0.39, 0.29) is 10.9 Å². The normalized spacial score (nSPS) is 13.8. The molecule has 0 radical (unpaired) electrons. The van der Waals surface area contributed by atoms with Crippen LogP contribution >= 0.6 is 23.4 Å². The van der Waals surface area contributed by atoms with Crippen molar-refractivity contribution in [1.29, 1.82) is 0 Å². The van der Waals surface area contributed by atoms with Crippen molar-refractivity contribution >= 4 is 40.9 Å². The molecule has 2 aromatic rings. The first kappa shape index (κ1) is 18.7. The van der Waals surface area contributed by atoms with Crippen molar-refractivity contribution in [2.45, 2.75) is 37.2 Å². The van der Waals surface area contributed by atoms with Crippen LogP contribution < -0.4 is 5.32 Å². The number of aromatic nitrogens is 1. The zero-order valence-corrected chi connectivity index (χ0v) is 15.9. The number of aryl methyl sites for hydroxylation is 2. The maximum absolute atomic E-state index is 12.1. The molecule has 5 nitrogen and oxygen atoms in total. The average Bonchev–Trinajstić information content (AvgIpc) is 3.09. The Morgan fingerprint density at radius 2 is 2.12 bits per heavy atom. The van der Waals surface area contributed by atoms with Gasteiger partial charge >= 0.3 is 5.97 Å². The van der Waals surface area contributed by atoms with E-state index in [1.807, 2.05) is 6.07 Å². The average molecular weight is 391 g/mol. The molecule has 0 bridgehead atoms. The molecule has 0 fully saturated rings. The van der Waals surface area contributed by atoms with E-state index < -0.39 is 18.0 Å². The Bertz CT molecular complexity index is 828. The minimum absolute atomic E-state index is 0.157. The summed E-state index contributed by atoms with van der Waals surface area (Å²) in [5.74, 6) is -0.726. The fourth-order valence-corrected chi connectivity index (χ4v) is 3.69. The number of pyridine rings is 1. The molecule has 1 aromatic heterocycles. The topological polar surface area (TPSA) is 68.3 Å². The monoisotopic (exact) mass is 390 g/mol. The van der Waals surface area contributed by atoms with Gasteiger partial charge in [0.1, 0.15) is 0 Å². The van der Waals surface area contributed by atoms with Gasteiger partial charge in [0.15, 0.2) is 11.3 Å². The van der Waals surface area contributed by atoms with E-state index in [9.17, 15) is 9.59 Å². The van der Waals surface area contributed by atoms with Crippen molar-refractivity contribution in [1.82, 2.24) is 4.98 Å². The van der Waals surface area contributed by atoms with Gasteiger partial charge in [-0.05, 0) is 61.6 Å². The Morgan fingerprint density at radius 3 is 2.92 bits per heavy atom. The number of carbonyl (C=O) groups is 2. The van der Waals surface area contributed by atoms with E-state index in [1.165, 1.54) is 42.4 Å². The highest BCUT2D eigenvalue weighted by atomic mass is 35.5. The van der Waals surface area contributed by atoms with E-state index in [0.29, 0.717) is 5.69 Å². The van der Waals surface area contributed by atoms with Crippen LogP contribution in [0.1, 0.15) is 24.5 Å². The SMILES string of the molecule is C[C@@H](OC(=O)CSc1ccc2c(c1)CCC2)C(=O)Nc1cccnc1Cl. The molecule has 136 valence electrons. The minimum Gasteiger partial charge on any atom is -0.452 e. The zero-order valence-electron chi connectivity index (χ0n) is 14.3. The first-order valence-corrected chi connectivity index (χ1v) is 9.75. The third-order valence-electron chi connectivity index (χ3n) is 4.12. The number of ether oxygens (including phenoxy) is 1. The fraction of sp³-hybridized carbons (Fsp3) is 0.316. The molecule has 1 amide bonds. The van der Waals surface area contributed by atoms with E-state index >= 15 is 0 Å². The molecule has 1 N–H and O–H groups in total. The number of anilines is 1. The second-order valence-corrected chi connectivity index (χ2v) is 7.44. The number of nitrogens with zero attached hydrogens (tertiary/aromatic N) is 1. The van der Waals surface area contributed by atoms with Gasteiger partial charge in [0.2, 0.25) is 0 Å². The van der Waals surface area contributed by atoms with Crippen molar-refractivity contribution < 1.29 is 14.3 Å². The smallest absolute Gasteiger partial charge is 0.317 e. The number of fused-ring (bicyclic) bond motifs is 1. The molecule has 0 saturated heterocycles. The number of hydrogen-bond donors (Lipinski definition) is 1. The van der Waals surface area contributed by atoms with Crippen LogP contribution in [0.2, 0.25) is 5.15 Å². The van der Waals surface area contributed by atoms with Crippen LogP contribution in [-0.4, -0.2) is 28.7 Å². The number of rotatable bonds is 6. The highest BCUT2D eigenvalue weighted by Gasteiger charge is 2.19. The molecule has 0 aliphatic heterocycles. The molecule has 1 aromatic carbocycles. The quantitative estimate of drug-likeness (QED) is 0.460. The minimum atomic E-state index is -0.917. The number of amides is 1. The van der Waals surface area contributed by atoms with Gasteiger partial charge in [0, 0.05) is 11.1 Å². The summed E-state index contributed by atoms with van der Waals surface area (Å²) < 4.78 is 5.20. The number of thioether (sulfide) groups is 1. The van der Waals surface area contributed by atoms with E-state index in [1.54, 1.807) is 12.1 Å². The van der Waals surface area contributed by atoms with Gasteiger partial charge in [-0.2, -0.15) is 0 Å². The van der Waals surface area contributed by atoms with Crippen LogP contribution in [0.4, 0.5) is 5.69 Å². The lowest BCUT2D eigenvalue weighted by molar-refractivity contribution is -0.150. The van der Waals surface area contributed by atoms with E-state index in [0.717, 1.165) is 17.7 Å². The van der Waals surface area contributed by atoms with E-state index in [4.69, 9.17) is 16.3 Å². The summed E-state index contributed by atoms with van der Waals surface area (Å²) in [5.41, 5.74) is 3.15. The van der Waals surface area contributed by atoms with Crippen molar-refractivity contribution in [3.8, 4) is 0 Å². The lowest BCUT2D eigenvalue weighted by Crippen LogP contribution is -2.30. The third-order valence-corrected chi connectivity index (χ3v) is 5.39. The van der Waals surface area contributed by atoms with Crippen LogP contribution in [0, 0.1) is 0 Å². The number of esters is 1. The van der Waals surface area contributed by atoms with Crippen molar-refractivity contribution in [2.24, 2.45) is 0 Å². The maximum Gasteiger partial charge on any atom is 0.317 e. The van der Waals surface area contributed by atoms with Crippen LogP contribution in [0.5, 0.6) is 0 Å². The highest BCUT2D eigenvalue weighted by Crippen LogP contribution is 2.27. The van der Waals surface area contributed by atoms with Gasteiger partial charge in [-0.25, -0.2) is 4.98 Å². The Kier molecular flexibility index (Phi) is 6.16. The Morgan fingerprint density at radius 1 is 1.31 bits per heavy atom.